The molecule has 0 heterocycles. The number of carboxylic acids is 1. The maximum atomic E-state index is 11.4. The molecule has 0 bridgehead atoms. The number of aromatic hydroxyl groups is 2. The van der Waals surface area contributed by atoms with Gasteiger partial charge in [-0.15, -0.1) is 0 Å². The molecule has 1 rings (SSSR count). The van der Waals surface area contributed by atoms with Gasteiger partial charge in [-0.05, 0) is 30.9 Å². The van der Waals surface area contributed by atoms with Gasteiger partial charge >= 0.3 is 11.9 Å². The van der Waals surface area contributed by atoms with Crippen molar-refractivity contribution in [3.8, 4) is 11.5 Å². The molecule has 29 heavy (non-hydrogen) atoms. The molecule has 0 aromatic heterocycles. The van der Waals surface area contributed by atoms with Crippen molar-refractivity contribution in [3.63, 3.8) is 0 Å². The monoisotopic (exact) mass is 410 g/mol. The summed E-state index contributed by atoms with van der Waals surface area (Å²) >= 11 is 0. The third-order valence-electron chi connectivity index (χ3n) is 4.86. The maximum absolute atomic E-state index is 11.4. The van der Waals surface area contributed by atoms with E-state index in [4.69, 9.17) is 9.84 Å². The smallest absolute Gasteiger partial charge is 0.339 e. The summed E-state index contributed by atoms with van der Waals surface area (Å²) in [5.74, 6) is -2.48. The van der Waals surface area contributed by atoms with Gasteiger partial charge in [0.15, 0.2) is 0 Å². The fourth-order valence-corrected chi connectivity index (χ4v) is 3.48. The lowest BCUT2D eigenvalue weighted by atomic mass is 9.97. The number of benzene rings is 1. The van der Waals surface area contributed by atoms with Crippen LogP contribution in [0.1, 0.15) is 87.1 Å². The lowest BCUT2D eigenvalue weighted by Gasteiger charge is -2.19. The predicted octanol–water partition coefficient (Wildman–Crippen LogP) is 4.16. The van der Waals surface area contributed by atoms with Gasteiger partial charge in [-0.2, -0.15) is 0 Å². The first-order valence-corrected chi connectivity index (χ1v) is 10.4. The predicted molar refractivity (Wildman–Crippen MR) is 109 cm³/mol. The van der Waals surface area contributed by atoms with Crippen LogP contribution in [-0.2, 0) is 16.0 Å². The number of aromatic carboxylic acids is 1. The zero-order chi connectivity index (χ0) is 21.6. The Balaban J connectivity index is 2.50. The van der Waals surface area contributed by atoms with Crippen molar-refractivity contribution in [3.05, 3.63) is 23.3 Å². The van der Waals surface area contributed by atoms with Crippen LogP contribution in [0.15, 0.2) is 12.1 Å². The van der Waals surface area contributed by atoms with E-state index in [2.05, 4.69) is 0 Å². The van der Waals surface area contributed by atoms with E-state index < -0.39 is 23.8 Å². The van der Waals surface area contributed by atoms with Crippen LogP contribution in [0.25, 0.3) is 0 Å². The Bertz CT molecular complexity index is 642. The van der Waals surface area contributed by atoms with Crippen LogP contribution in [0.3, 0.4) is 0 Å². The third-order valence-corrected chi connectivity index (χ3v) is 4.86. The summed E-state index contributed by atoms with van der Waals surface area (Å²) in [6, 6.07) is 2.27. The lowest BCUT2D eigenvalue weighted by Crippen LogP contribution is -2.20. The molecule has 7 heteroatoms. The summed E-state index contributed by atoms with van der Waals surface area (Å²) in [7, 11) is 0. The highest BCUT2D eigenvalue weighted by Crippen LogP contribution is 2.29. The van der Waals surface area contributed by atoms with Crippen molar-refractivity contribution in [1.82, 2.24) is 0 Å². The van der Waals surface area contributed by atoms with E-state index in [0.29, 0.717) is 6.42 Å². The highest BCUT2D eigenvalue weighted by atomic mass is 16.5. The van der Waals surface area contributed by atoms with Crippen LogP contribution in [0, 0.1) is 0 Å². The van der Waals surface area contributed by atoms with Gasteiger partial charge in [0.2, 0.25) is 0 Å². The first kappa shape index (κ1) is 24.8. The fourth-order valence-electron chi connectivity index (χ4n) is 3.48. The van der Waals surface area contributed by atoms with Gasteiger partial charge in [0, 0.05) is 26.0 Å². The Morgan fingerprint density at radius 3 is 2.00 bits per heavy atom. The minimum atomic E-state index is -1.29. The molecule has 0 saturated carbocycles. The van der Waals surface area contributed by atoms with E-state index in [9.17, 15) is 24.9 Å². The second-order valence-corrected chi connectivity index (χ2v) is 7.43. The molecule has 0 aliphatic rings. The summed E-state index contributed by atoms with van der Waals surface area (Å²) in [6.07, 6.45) is 9.70. The topological polar surface area (TPSA) is 124 Å². The Kier molecular flexibility index (Phi) is 11.8. The van der Waals surface area contributed by atoms with Crippen LogP contribution in [0.5, 0.6) is 11.5 Å². The number of aliphatic hydroxyl groups excluding tert-OH is 1. The van der Waals surface area contributed by atoms with Gasteiger partial charge < -0.3 is 25.2 Å². The second kappa shape index (κ2) is 13.8. The van der Waals surface area contributed by atoms with E-state index in [1.54, 1.807) is 0 Å². The van der Waals surface area contributed by atoms with Gasteiger partial charge in [-0.3, -0.25) is 4.79 Å². The number of esters is 1. The molecule has 1 aromatic rings. The molecule has 4 N–H and O–H groups in total. The molecule has 1 aromatic carbocycles. The number of carboxylic acid groups (broad SMARTS) is 1. The second-order valence-electron chi connectivity index (χ2n) is 7.43. The number of carbonyl (C=O) groups excluding carboxylic acids is 1. The zero-order valence-corrected chi connectivity index (χ0v) is 17.2. The van der Waals surface area contributed by atoms with Crippen molar-refractivity contribution in [2.75, 3.05) is 6.61 Å². The minimum Gasteiger partial charge on any atom is -0.508 e. The van der Waals surface area contributed by atoms with Crippen LogP contribution in [-0.4, -0.2) is 45.1 Å². The van der Waals surface area contributed by atoms with Crippen LogP contribution >= 0.6 is 0 Å². The average Bonchev–Trinajstić information content (AvgIpc) is 2.61. The molecule has 164 valence electrons. The van der Waals surface area contributed by atoms with E-state index in [1.165, 1.54) is 25.8 Å². The molecule has 0 amide bonds. The third kappa shape index (κ3) is 10.2. The number of hydrogen-bond donors (Lipinski definition) is 4. The number of rotatable bonds is 15. The van der Waals surface area contributed by atoms with E-state index in [-0.39, 0.29) is 29.9 Å². The number of aliphatic hydroxyl groups is 1. The molecule has 1 unspecified atom stereocenters. The van der Waals surface area contributed by atoms with E-state index in [0.717, 1.165) is 51.0 Å². The lowest BCUT2D eigenvalue weighted by molar-refractivity contribution is -0.146. The molecule has 0 aliphatic carbocycles. The standard InChI is InChI=1S/C22H34O7/c1-16(24)29-19(11-9-7-5-3-2-4-6-8-10-12-23)14-17-13-18(25)15-20(26)21(17)22(27)28/h13,15,19,23,25-26H,2-12,14H2,1H3,(H,27,28). The summed E-state index contributed by atoms with van der Waals surface area (Å²) in [4.78, 5) is 22.9. The first-order chi connectivity index (χ1) is 13.8. The van der Waals surface area contributed by atoms with E-state index >= 15 is 0 Å². The molecule has 7 nitrogen and oxygen atoms in total. The van der Waals surface area contributed by atoms with Crippen molar-refractivity contribution in [2.45, 2.75) is 83.7 Å². The number of carbonyl (C=O) groups is 2. The normalized spacial score (nSPS) is 11.9. The molecule has 0 saturated heterocycles. The quantitative estimate of drug-likeness (QED) is 0.253. The number of phenolic OH excluding ortho intramolecular Hbond substituents is 1. The minimum absolute atomic E-state index is 0.119. The molecular formula is C22H34O7. The number of unbranched alkanes of at least 4 members (excludes halogenated alkanes) is 8. The maximum Gasteiger partial charge on any atom is 0.339 e. The molecule has 0 fully saturated rings. The van der Waals surface area contributed by atoms with Gasteiger partial charge in [-0.25, -0.2) is 4.79 Å². The number of ether oxygens (including phenoxy) is 1. The van der Waals surface area contributed by atoms with Crippen molar-refractivity contribution < 1.29 is 34.8 Å². The zero-order valence-electron chi connectivity index (χ0n) is 17.2. The van der Waals surface area contributed by atoms with Crippen LogP contribution in [0.2, 0.25) is 0 Å². The molecular weight excluding hydrogens is 376 g/mol. The summed E-state index contributed by atoms with van der Waals surface area (Å²) in [5, 5.41) is 37.6. The van der Waals surface area contributed by atoms with Crippen molar-refractivity contribution in [2.24, 2.45) is 0 Å². The Morgan fingerprint density at radius 2 is 1.48 bits per heavy atom. The molecule has 0 aliphatic heterocycles. The summed E-state index contributed by atoms with van der Waals surface area (Å²) in [6.45, 7) is 1.57. The SMILES string of the molecule is CC(=O)OC(CCCCCCCCCCCO)Cc1cc(O)cc(O)c1C(=O)O. The highest BCUT2D eigenvalue weighted by molar-refractivity contribution is 5.93. The van der Waals surface area contributed by atoms with Crippen LogP contribution in [0.4, 0.5) is 0 Å². The van der Waals surface area contributed by atoms with E-state index in [1.807, 2.05) is 0 Å². The van der Waals surface area contributed by atoms with Gasteiger partial charge in [0.05, 0.1) is 0 Å². The largest absolute Gasteiger partial charge is 0.508 e. The average molecular weight is 411 g/mol. The first-order valence-electron chi connectivity index (χ1n) is 10.4. The number of hydrogen-bond acceptors (Lipinski definition) is 6. The Morgan fingerprint density at radius 1 is 0.931 bits per heavy atom. The summed E-state index contributed by atoms with van der Waals surface area (Å²) in [5.41, 5.74) is -0.0368. The molecule has 0 radical (unpaired) electrons. The van der Waals surface area contributed by atoms with Gasteiger partial charge in [0.1, 0.15) is 23.2 Å². The van der Waals surface area contributed by atoms with Crippen LogP contribution < -0.4 is 0 Å². The van der Waals surface area contributed by atoms with Gasteiger partial charge in [0.25, 0.3) is 0 Å². The molecule has 0 spiro atoms. The Hall–Kier alpha value is -2.28. The Labute approximate surface area is 172 Å². The van der Waals surface area contributed by atoms with Crippen molar-refractivity contribution in [1.29, 1.82) is 0 Å². The van der Waals surface area contributed by atoms with Gasteiger partial charge in [-0.1, -0.05) is 44.9 Å². The molecule has 1 atom stereocenters. The highest BCUT2D eigenvalue weighted by Gasteiger charge is 2.21. The summed E-state index contributed by atoms with van der Waals surface area (Å²) < 4.78 is 5.34. The fraction of sp³-hybridized carbons (Fsp3) is 0.636. The number of phenols is 2. The van der Waals surface area contributed by atoms with Crippen molar-refractivity contribution >= 4 is 11.9 Å².